The van der Waals surface area contributed by atoms with Crippen molar-refractivity contribution >= 4 is 24.0 Å². The van der Waals surface area contributed by atoms with Crippen LogP contribution in [-0.4, -0.2) is 16.3 Å². The van der Waals surface area contributed by atoms with E-state index in [2.05, 4.69) is 0 Å². The lowest BCUT2D eigenvalue weighted by Crippen LogP contribution is -2.27. The molecular weight excluding hydrogens is 249 g/mol. The zero-order valence-corrected chi connectivity index (χ0v) is 10.2. The summed E-state index contributed by atoms with van der Waals surface area (Å²) in [6.45, 7) is 0. The average Bonchev–Trinajstić information content (AvgIpc) is 3.03. The third-order valence-electron chi connectivity index (χ3n) is 2.85. The van der Waals surface area contributed by atoms with Crippen LogP contribution >= 0.6 is 24.0 Å². The maximum Gasteiger partial charge on any atom is 0.139 e. The fraction of sp³-hybridized carbons (Fsp3) is 0.455. The zero-order valence-electron chi connectivity index (χ0n) is 8.64. The molecular formula is C11H15Cl2NO2. The Labute approximate surface area is 106 Å². The molecule has 0 aromatic heterocycles. The van der Waals surface area contributed by atoms with Crippen LogP contribution in [0.25, 0.3) is 0 Å². The third kappa shape index (κ3) is 2.61. The van der Waals surface area contributed by atoms with Gasteiger partial charge in [0.25, 0.3) is 0 Å². The fourth-order valence-electron chi connectivity index (χ4n) is 1.72. The predicted molar refractivity (Wildman–Crippen MR) is 66.0 cm³/mol. The molecule has 3 nitrogen and oxygen atoms in total. The Morgan fingerprint density at radius 3 is 2.56 bits per heavy atom. The lowest BCUT2D eigenvalue weighted by molar-refractivity contribution is 0.121. The predicted octanol–water partition coefficient (Wildman–Crippen LogP) is 2.24. The van der Waals surface area contributed by atoms with E-state index in [9.17, 15) is 10.2 Å². The van der Waals surface area contributed by atoms with E-state index in [1.807, 2.05) is 0 Å². The number of nitrogens with two attached hydrogens (primary N) is 1. The van der Waals surface area contributed by atoms with Crippen LogP contribution in [0.5, 0.6) is 5.75 Å². The molecule has 90 valence electrons. The highest BCUT2D eigenvalue weighted by molar-refractivity contribution is 6.32. The Balaban J connectivity index is 0.00000128. The standard InChI is InChI=1S/C11H14ClNO2.ClH/c12-8-3-1-2-7(11(8)15)9(13)10(14)6-4-5-6;/h1-3,6,9-10,14-15H,4-5,13H2;1H/t9-,10+;/m1./s1. The first-order chi connectivity index (χ1) is 7.11. The van der Waals surface area contributed by atoms with Gasteiger partial charge in [-0.15, -0.1) is 12.4 Å². The van der Waals surface area contributed by atoms with Crippen LogP contribution in [0.1, 0.15) is 24.4 Å². The Hall–Kier alpha value is -0.480. The molecule has 1 aliphatic rings. The molecule has 2 atom stereocenters. The van der Waals surface area contributed by atoms with E-state index >= 15 is 0 Å². The summed E-state index contributed by atoms with van der Waals surface area (Å²) in [5, 5.41) is 19.8. The van der Waals surface area contributed by atoms with Gasteiger partial charge >= 0.3 is 0 Å². The minimum atomic E-state index is -0.589. The zero-order chi connectivity index (χ0) is 11.0. The maximum absolute atomic E-state index is 9.85. The normalized spacial score (nSPS) is 18.7. The number of halogens is 2. The summed E-state index contributed by atoms with van der Waals surface area (Å²) in [5.74, 6) is 0.254. The van der Waals surface area contributed by atoms with Crippen LogP contribution in [0.3, 0.4) is 0 Å². The molecule has 0 aliphatic heterocycles. The monoisotopic (exact) mass is 263 g/mol. The van der Waals surface area contributed by atoms with Crippen molar-refractivity contribution in [2.45, 2.75) is 25.0 Å². The van der Waals surface area contributed by atoms with Gasteiger partial charge in [-0.1, -0.05) is 23.7 Å². The molecule has 1 saturated carbocycles. The largest absolute Gasteiger partial charge is 0.506 e. The number of hydrogen-bond acceptors (Lipinski definition) is 3. The van der Waals surface area contributed by atoms with Gasteiger partial charge in [0.1, 0.15) is 5.75 Å². The van der Waals surface area contributed by atoms with Gasteiger partial charge in [0.2, 0.25) is 0 Å². The van der Waals surface area contributed by atoms with Crippen molar-refractivity contribution in [1.29, 1.82) is 0 Å². The first-order valence-corrected chi connectivity index (χ1v) is 5.40. The molecule has 0 heterocycles. The van der Waals surface area contributed by atoms with Gasteiger partial charge in [0.05, 0.1) is 17.2 Å². The summed E-state index contributed by atoms with van der Waals surface area (Å²) in [7, 11) is 0. The van der Waals surface area contributed by atoms with E-state index in [0.717, 1.165) is 12.8 Å². The highest BCUT2D eigenvalue weighted by atomic mass is 35.5. The Morgan fingerprint density at radius 1 is 1.38 bits per heavy atom. The molecule has 0 bridgehead atoms. The second-order valence-corrected chi connectivity index (χ2v) is 4.44. The minimum Gasteiger partial charge on any atom is -0.506 e. The van der Waals surface area contributed by atoms with Crippen molar-refractivity contribution in [3.8, 4) is 5.75 Å². The molecule has 0 radical (unpaired) electrons. The van der Waals surface area contributed by atoms with Crippen LogP contribution < -0.4 is 5.73 Å². The number of phenols is 1. The first-order valence-electron chi connectivity index (χ1n) is 5.02. The quantitative estimate of drug-likeness (QED) is 0.784. The van der Waals surface area contributed by atoms with Crippen molar-refractivity contribution < 1.29 is 10.2 Å². The van der Waals surface area contributed by atoms with Crippen LogP contribution in [0.15, 0.2) is 18.2 Å². The van der Waals surface area contributed by atoms with E-state index in [1.165, 1.54) is 0 Å². The van der Waals surface area contributed by atoms with Crippen LogP contribution in [0.2, 0.25) is 5.02 Å². The highest BCUT2D eigenvalue weighted by Gasteiger charge is 2.35. The Morgan fingerprint density at radius 2 is 2.00 bits per heavy atom. The number of aromatic hydroxyl groups is 1. The number of hydrogen-bond donors (Lipinski definition) is 3. The van der Waals surface area contributed by atoms with Gasteiger partial charge in [-0.25, -0.2) is 0 Å². The van der Waals surface area contributed by atoms with Gasteiger partial charge in [-0.05, 0) is 24.8 Å². The number of benzene rings is 1. The number of rotatable bonds is 3. The summed E-state index contributed by atoms with van der Waals surface area (Å²) in [5.41, 5.74) is 6.40. The lowest BCUT2D eigenvalue weighted by Gasteiger charge is -2.20. The SMILES string of the molecule is Cl.N[C@H](c1cccc(Cl)c1O)[C@@H](O)C1CC1. The molecule has 0 saturated heterocycles. The van der Waals surface area contributed by atoms with E-state index in [4.69, 9.17) is 17.3 Å². The molecule has 0 amide bonds. The van der Waals surface area contributed by atoms with Gasteiger partial charge < -0.3 is 15.9 Å². The van der Waals surface area contributed by atoms with Crippen molar-refractivity contribution in [3.05, 3.63) is 28.8 Å². The number of phenolic OH excluding ortho intramolecular Hbond substituents is 1. The number of para-hydroxylation sites is 1. The van der Waals surface area contributed by atoms with Crippen molar-refractivity contribution in [1.82, 2.24) is 0 Å². The molecule has 5 heteroatoms. The minimum absolute atomic E-state index is 0. The molecule has 1 aromatic carbocycles. The molecule has 1 fully saturated rings. The van der Waals surface area contributed by atoms with Crippen LogP contribution in [0, 0.1) is 5.92 Å². The highest BCUT2D eigenvalue weighted by Crippen LogP contribution is 2.40. The summed E-state index contributed by atoms with van der Waals surface area (Å²) in [4.78, 5) is 0. The molecule has 0 unspecified atom stereocenters. The fourth-order valence-corrected chi connectivity index (χ4v) is 1.90. The van der Waals surface area contributed by atoms with Crippen LogP contribution in [0.4, 0.5) is 0 Å². The summed E-state index contributed by atoms with van der Waals surface area (Å²) in [6, 6.07) is 4.45. The molecule has 2 rings (SSSR count). The first kappa shape index (κ1) is 13.6. The Kier molecular flexibility index (Phi) is 4.44. The summed E-state index contributed by atoms with van der Waals surface area (Å²) in [6.07, 6.45) is 1.43. The van der Waals surface area contributed by atoms with E-state index in [-0.39, 0.29) is 29.1 Å². The van der Waals surface area contributed by atoms with E-state index < -0.39 is 12.1 Å². The van der Waals surface area contributed by atoms with Gasteiger partial charge in [-0.3, -0.25) is 0 Å². The maximum atomic E-state index is 9.85. The van der Waals surface area contributed by atoms with Crippen molar-refractivity contribution in [2.75, 3.05) is 0 Å². The summed E-state index contributed by atoms with van der Waals surface area (Å²) >= 11 is 5.77. The van der Waals surface area contributed by atoms with Crippen LogP contribution in [-0.2, 0) is 0 Å². The molecule has 1 aromatic rings. The van der Waals surface area contributed by atoms with E-state index in [1.54, 1.807) is 18.2 Å². The molecule has 1 aliphatic carbocycles. The molecule has 0 spiro atoms. The summed E-state index contributed by atoms with van der Waals surface area (Å²) < 4.78 is 0. The number of aliphatic hydroxyl groups excluding tert-OH is 1. The topological polar surface area (TPSA) is 66.5 Å². The van der Waals surface area contributed by atoms with Crippen molar-refractivity contribution in [3.63, 3.8) is 0 Å². The number of aliphatic hydroxyl groups is 1. The second kappa shape index (κ2) is 5.23. The Bertz CT molecular complexity index is 369. The van der Waals surface area contributed by atoms with Gasteiger partial charge in [-0.2, -0.15) is 0 Å². The lowest BCUT2D eigenvalue weighted by atomic mass is 9.98. The smallest absolute Gasteiger partial charge is 0.139 e. The second-order valence-electron chi connectivity index (χ2n) is 4.03. The molecule has 16 heavy (non-hydrogen) atoms. The van der Waals surface area contributed by atoms with Crippen molar-refractivity contribution in [2.24, 2.45) is 11.7 Å². The van der Waals surface area contributed by atoms with Gasteiger partial charge in [0, 0.05) is 5.56 Å². The average molecular weight is 264 g/mol. The third-order valence-corrected chi connectivity index (χ3v) is 3.16. The van der Waals surface area contributed by atoms with Gasteiger partial charge in [0.15, 0.2) is 0 Å². The molecule has 4 N–H and O–H groups in total. The van der Waals surface area contributed by atoms with E-state index in [0.29, 0.717) is 5.56 Å².